The fourth-order valence-corrected chi connectivity index (χ4v) is 6.14. The Morgan fingerprint density at radius 2 is 1.85 bits per heavy atom. The van der Waals surface area contributed by atoms with Crippen LogP contribution in [-0.2, 0) is 33.8 Å². The number of halogens is 1. The lowest BCUT2D eigenvalue weighted by molar-refractivity contribution is -0.142. The number of aromatic nitrogens is 3. The number of unbranched alkanes of at least 4 members (excludes halogenated alkanes) is 1. The molecule has 0 radical (unpaired) electrons. The van der Waals surface area contributed by atoms with E-state index in [1.54, 1.807) is 18.1 Å². The summed E-state index contributed by atoms with van der Waals surface area (Å²) in [4.78, 5) is 38.6. The SMILES string of the molecule is COCCc1nc2c(N)nc3ccccc3c2n1CCCCN(Cc1ccc(F)c(OCC(=O)OC)c1)C(=O)NCCN1CCCCC1. The number of anilines is 1. The Kier molecular flexibility index (Phi) is 12.4. The van der Waals surface area contributed by atoms with Gasteiger partial charge in [-0.15, -0.1) is 0 Å². The number of urea groups is 1. The molecule has 3 heterocycles. The standard InChI is InChI=1S/C35H46FN7O5/c1-46-21-14-30-40-32-33(26-10-4-5-11-28(26)39-34(32)37)43(30)19-9-8-18-42(35(45)38-15-20-41-16-6-3-7-17-41)23-25-12-13-27(36)29(22-25)48-24-31(44)47-2/h4-5,10-13,22H,3,6-9,14-21,23-24H2,1-2H3,(H2,37,39)(H,38,45). The second-order valence-electron chi connectivity index (χ2n) is 12.0. The van der Waals surface area contributed by atoms with Gasteiger partial charge in [0, 0.05) is 51.6 Å². The van der Waals surface area contributed by atoms with Crippen LogP contribution in [0, 0.1) is 5.82 Å². The topological polar surface area (TPSA) is 137 Å². The van der Waals surface area contributed by atoms with Crippen molar-refractivity contribution >= 4 is 39.8 Å². The Labute approximate surface area is 280 Å². The molecule has 0 saturated carbocycles. The fourth-order valence-electron chi connectivity index (χ4n) is 6.14. The number of aryl methyl sites for hydroxylation is 1. The monoisotopic (exact) mass is 663 g/mol. The number of nitrogen functional groups attached to an aromatic ring is 1. The van der Waals surface area contributed by atoms with Crippen molar-refractivity contribution in [2.45, 2.75) is 51.6 Å². The van der Waals surface area contributed by atoms with Gasteiger partial charge >= 0.3 is 12.0 Å². The Morgan fingerprint density at radius 1 is 1.04 bits per heavy atom. The van der Waals surface area contributed by atoms with E-state index in [-0.39, 0.29) is 18.3 Å². The number of nitrogens with two attached hydrogens (primary N) is 1. The van der Waals surface area contributed by atoms with Gasteiger partial charge in [-0.2, -0.15) is 0 Å². The van der Waals surface area contributed by atoms with Crippen molar-refractivity contribution < 1.29 is 28.2 Å². The molecule has 12 nitrogen and oxygen atoms in total. The Bertz CT molecular complexity index is 1690. The molecule has 4 aromatic rings. The van der Waals surface area contributed by atoms with Gasteiger partial charge in [0.1, 0.15) is 11.3 Å². The molecule has 2 amide bonds. The average Bonchev–Trinajstić information content (AvgIpc) is 3.48. The summed E-state index contributed by atoms with van der Waals surface area (Å²) in [6.07, 6.45) is 5.70. The van der Waals surface area contributed by atoms with Gasteiger partial charge in [0.2, 0.25) is 0 Å². The first-order valence-electron chi connectivity index (χ1n) is 16.6. The number of nitrogens with one attached hydrogen (secondary N) is 1. The van der Waals surface area contributed by atoms with Crippen LogP contribution in [0.5, 0.6) is 5.75 Å². The van der Waals surface area contributed by atoms with Crippen molar-refractivity contribution in [1.29, 1.82) is 0 Å². The maximum atomic E-state index is 14.5. The van der Waals surface area contributed by atoms with Crippen LogP contribution >= 0.6 is 0 Å². The summed E-state index contributed by atoms with van der Waals surface area (Å²) in [5.74, 6) is -0.0182. The van der Waals surface area contributed by atoms with Gasteiger partial charge in [-0.3, -0.25) is 0 Å². The summed E-state index contributed by atoms with van der Waals surface area (Å²) in [5.41, 5.74) is 9.47. The van der Waals surface area contributed by atoms with Crippen LogP contribution in [0.25, 0.3) is 21.9 Å². The minimum Gasteiger partial charge on any atom is -0.479 e. The van der Waals surface area contributed by atoms with E-state index < -0.39 is 18.4 Å². The van der Waals surface area contributed by atoms with Crippen molar-refractivity contribution in [1.82, 2.24) is 29.7 Å². The van der Waals surface area contributed by atoms with Crippen molar-refractivity contribution in [3.63, 3.8) is 0 Å². The molecule has 0 bridgehead atoms. The van der Waals surface area contributed by atoms with Crippen molar-refractivity contribution in [2.24, 2.45) is 0 Å². The second-order valence-corrected chi connectivity index (χ2v) is 12.0. The number of esters is 1. The quantitative estimate of drug-likeness (QED) is 0.131. The molecule has 0 aliphatic carbocycles. The van der Waals surface area contributed by atoms with Crippen molar-refractivity contribution in [2.75, 3.05) is 65.9 Å². The van der Waals surface area contributed by atoms with E-state index in [0.29, 0.717) is 56.0 Å². The Morgan fingerprint density at radius 3 is 2.65 bits per heavy atom. The number of imidazole rings is 1. The molecule has 3 N–H and O–H groups in total. The first-order chi connectivity index (χ1) is 23.4. The molecule has 13 heteroatoms. The van der Waals surface area contributed by atoms with Crippen LogP contribution in [0.15, 0.2) is 42.5 Å². The lowest BCUT2D eigenvalue weighted by Crippen LogP contribution is -2.44. The highest BCUT2D eigenvalue weighted by Gasteiger charge is 2.19. The fraction of sp³-hybridized carbons (Fsp3) is 0.486. The molecule has 1 aliphatic heterocycles. The molecule has 2 aromatic heterocycles. The number of rotatable bonds is 16. The number of carbonyl (C=O) groups excluding carboxylic acids is 2. The smallest absolute Gasteiger partial charge is 0.343 e. The van der Waals surface area contributed by atoms with E-state index >= 15 is 0 Å². The first kappa shape index (κ1) is 34.8. The first-order valence-corrected chi connectivity index (χ1v) is 16.6. The summed E-state index contributed by atoms with van der Waals surface area (Å²) in [6, 6.07) is 12.1. The highest BCUT2D eigenvalue weighted by molar-refractivity contribution is 6.06. The minimum atomic E-state index is -0.613. The molecular weight excluding hydrogens is 617 g/mol. The molecule has 1 saturated heterocycles. The summed E-state index contributed by atoms with van der Waals surface area (Å²) >= 11 is 0. The number of para-hydroxylation sites is 1. The van der Waals surface area contributed by atoms with Crippen molar-refractivity contribution in [3.05, 3.63) is 59.7 Å². The maximum Gasteiger partial charge on any atom is 0.343 e. The molecule has 1 fully saturated rings. The highest BCUT2D eigenvalue weighted by Crippen LogP contribution is 2.29. The number of carbonyl (C=O) groups is 2. The third kappa shape index (κ3) is 8.90. The van der Waals surface area contributed by atoms with Gasteiger partial charge in [0.05, 0.1) is 24.8 Å². The Balaban J connectivity index is 1.30. The van der Waals surface area contributed by atoms with Gasteiger partial charge < -0.3 is 39.6 Å². The third-order valence-corrected chi connectivity index (χ3v) is 8.66. The van der Waals surface area contributed by atoms with Gasteiger partial charge in [0.15, 0.2) is 24.0 Å². The summed E-state index contributed by atoms with van der Waals surface area (Å²) in [7, 11) is 2.91. The lowest BCUT2D eigenvalue weighted by atomic mass is 10.1. The number of hydrogen-bond donors (Lipinski definition) is 2. The van der Waals surface area contributed by atoms with E-state index in [0.717, 1.165) is 48.3 Å². The normalized spacial score (nSPS) is 13.6. The predicted octanol–water partition coefficient (Wildman–Crippen LogP) is 4.52. The largest absolute Gasteiger partial charge is 0.479 e. The molecule has 0 unspecified atom stereocenters. The molecule has 0 spiro atoms. The van der Waals surface area contributed by atoms with Crippen LogP contribution in [0.3, 0.4) is 0 Å². The summed E-state index contributed by atoms with van der Waals surface area (Å²) < 4.78 is 32.0. The van der Waals surface area contributed by atoms with Gasteiger partial charge in [-0.05, 0) is 62.5 Å². The van der Waals surface area contributed by atoms with Gasteiger partial charge in [-0.1, -0.05) is 30.7 Å². The minimum absolute atomic E-state index is 0.0695. The van der Waals surface area contributed by atoms with E-state index in [1.807, 2.05) is 24.3 Å². The number of pyridine rings is 1. The molecular formula is C35H46FN7O5. The van der Waals surface area contributed by atoms with E-state index in [4.69, 9.17) is 20.2 Å². The molecule has 258 valence electrons. The summed E-state index contributed by atoms with van der Waals surface area (Å²) in [6.45, 7) is 4.91. The third-order valence-electron chi connectivity index (χ3n) is 8.66. The molecule has 48 heavy (non-hydrogen) atoms. The number of hydrogen-bond acceptors (Lipinski definition) is 9. The Hall–Kier alpha value is -4.49. The van der Waals surface area contributed by atoms with Crippen LogP contribution < -0.4 is 15.8 Å². The average molecular weight is 664 g/mol. The summed E-state index contributed by atoms with van der Waals surface area (Å²) in [5, 5.41) is 4.07. The zero-order valence-electron chi connectivity index (χ0n) is 27.9. The lowest BCUT2D eigenvalue weighted by Gasteiger charge is -2.28. The number of likely N-dealkylation sites (tertiary alicyclic amines) is 1. The highest BCUT2D eigenvalue weighted by atomic mass is 19.1. The number of methoxy groups -OCH3 is 2. The van der Waals surface area contributed by atoms with Crippen LogP contribution in [-0.4, -0.2) is 96.5 Å². The number of benzene rings is 2. The number of fused-ring (bicyclic) bond motifs is 3. The predicted molar refractivity (Wildman–Crippen MR) is 182 cm³/mol. The van der Waals surface area contributed by atoms with Crippen molar-refractivity contribution in [3.8, 4) is 5.75 Å². The number of ether oxygens (including phenoxy) is 3. The van der Waals surface area contributed by atoms with Crippen LogP contribution in [0.4, 0.5) is 15.0 Å². The van der Waals surface area contributed by atoms with Gasteiger partial charge in [-0.25, -0.2) is 23.9 Å². The number of nitrogens with zero attached hydrogens (tertiary/aromatic N) is 5. The van der Waals surface area contributed by atoms with Crippen LogP contribution in [0.1, 0.15) is 43.5 Å². The molecule has 1 aliphatic rings. The molecule has 0 atom stereocenters. The second kappa shape index (κ2) is 17.1. The molecule has 2 aromatic carbocycles. The van der Waals surface area contributed by atoms with E-state index in [1.165, 1.54) is 38.5 Å². The zero-order valence-corrected chi connectivity index (χ0v) is 27.9. The van der Waals surface area contributed by atoms with Crippen LogP contribution in [0.2, 0.25) is 0 Å². The number of piperidine rings is 1. The number of amides is 2. The molecule has 5 rings (SSSR count). The zero-order chi connectivity index (χ0) is 33.9. The van der Waals surface area contributed by atoms with E-state index in [2.05, 4.69) is 24.5 Å². The van der Waals surface area contributed by atoms with Gasteiger partial charge in [0.25, 0.3) is 0 Å². The van der Waals surface area contributed by atoms with E-state index in [9.17, 15) is 14.0 Å². The maximum absolute atomic E-state index is 14.5.